The molecule has 0 radical (unpaired) electrons. The number of ether oxygens (including phenoxy) is 1. The van der Waals surface area contributed by atoms with Gasteiger partial charge < -0.3 is 10.1 Å². The van der Waals surface area contributed by atoms with Crippen LogP contribution in [0.15, 0.2) is 47.6 Å². The number of halogens is 2. The van der Waals surface area contributed by atoms with Gasteiger partial charge in [-0.1, -0.05) is 41.4 Å². The fourth-order valence-corrected chi connectivity index (χ4v) is 2.58. The molecule has 0 fully saturated rings. The lowest BCUT2D eigenvalue weighted by atomic mass is 10.2. The zero-order valence-corrected chi connectivity index (χ0v) is 15.4. The summed E-state index contributed by atoms with van der Waals surface area (Å²) in [6.07, 6.45) is 1.67. The Kier molecular flexibility index (Phi) is 7.31. The van der Waals surface area contributed by atoms with E-state index in [2.05, 4.69) is 15.8 Å². The maximum atomic E-state index is 6.14. The molecule has 0 saturated heterocycles. The second-order valence-electron chi connectivity index (χ2n) is 4.79. The standard InChI is InChI=1S/C17H17Cl2N3OS/c1-2-20-17(24)22-21-10-12-5-3-6-13(9-12)23-11-14-15(18)7-4-8-16(14)19/h3-10H,2,11H2,1H3,(H2,20,22,24)/b21-10+. The maximum Gasteiger partial charge on any atom is 0.186 e. The van der Waals surface area contributed by atoms with Gasteiger partial charge >= 0.3 is 0 Å². The Morgan fingerprint density at radius 1 is 1.21 bits per heavy atom. The predicted octanol–water partition coefficient (Wildman–Crippen LogP) is 4.39. The molecule has 2 aromatic carbocycles. The molecule has 0 unspecified atom stereocenters. The summed E-state index contributed by atoms with van der Waals surface area (Å²) in [6.45, 7) is 3.00. The van der Waals surface area contributed by atoms with Crippen molar-refractivity contribution >= 4 is 46.7 Å². The normalized spacial score (nSPS) is 10.6. The molecule has 0 amide bonds. The summed E-state index contributed by atoms with van der Waals surface area (Å²) in [5.74, 6) is 0.698. The Hall–Kier alpha value is -1.82. The number of hydrazone groups is 1. The first-order valence-electron chi connectivity index (χ1n) is 7.32. The van der Waals surface area contributed by atoms with Crippen LogP contribution in [0.25, 0.3) is 0 Å². The van der Waals surface area contributed by atoms with E-state index < -0.39 is 0 Å². The minimum Gasteiger partial charge on any atom is -0.489 e. The number of nitrogens with one attached hydrogen (secondary N) is 2. The minimum absolute atomic E-state index is 0.294. The summed E-state index contributed by atoms with van der Waals surface area (Å²) in [7, 11) is 0. The van der Waals surface area contributed by atoms with Gasteiger partial charge in [-0.2, -0.15) is 5.10 Å². The first-order chi connectivity index (χ1) is 11.6. The highest BCUT2D eigenvalue weighted by molar-refractivity contribution is 7.80. The molecule has 24 heavy (non-hydrogen) atoms. The summed E-state index contributed by atoms with van der Waals surface area (Å²) < 4.78 is 5.77. The number of hydrogen-bond donors (Lipinski definition) is 2. The Morgan fingerprint density at radius 3 is 2.62 bits per heavy atom. The molecule has 2 rings (SSSR count). The van der Waals surface area contributed by atoms with Crippen molar-refractivity contribution in [3.8, 4) is 5.75 Å². The van der Waals surface area contributed by atoms with Crippen LogP contribution in [0.4, 0.5) is 0 Å². The fourth-order valence-electron chi connectivity index (χ4n) is 1.88. The molecule has 2 aromatic rings. The molecule has 0 aliphatic rings. The predicted molar refractivity (Wildman–Crippen MR) is 104 cm³/mol. The molecule has 0 aliphatic heterocycles. The number of benzene rings is 2. The summed E-state index contributed by atoms with van der Waals surface area (Å²) in [5, 5.41) is 8.67. The van der Waals surface area contributed by atoms with E-state index in [1.54, 1.807) is 24.4 Å². The Balaban J connectivity index is 1.98. The molecule has 0 heterocycles. The fraction of sp³-hybridized carbons (Fsp3) is 0.176. The van der Waals surface area contributed by atoms with E-state index >= 15 is 0 Å². The van der Waals surface area contributed by atoms with Crippen molar-refractivity contribution in [2.24, 2.45) is 5.10 Å². The van der Waals surface area contributed by atoms with Crippen LogP contribution in [0.5, 0.6) is 5.75 Å². The van der Waals surface area contributed by atoms with Gasteiger partial charge in [-0.25, -0.2) is 0 Å². The highest BCUT2D eigenvalue weighted by Crippen LogP contribution is 2.25. The van der Waals surface area contributed by atoms with Crippen molar-refractivity contribution < 1.29 is 4.74 Å². The van der Waals surface area contributed by atoms with Gasteiger partial charge in [0.25, 0.3) is 0 Å². The summed E-state index contributed by atoms with van der Waals surface area (Å²) in [4.78, 5) is 0. The van der Waals surface area contributed by atoms with Crippen LogP contribution in [-0.2, 0) is 6.61 Å². The summed E-state index contributed by atoms with van der Waals surface area (Å²) >= 11 is 17.3. The third-order valence-corrected chi connectivity index (χ3v) is 3.96. The van der Waals surface area contributed by atoms with Gasteiger partial charge in [-0.15, -0.1) is 0 Å². The highest BCUT2D eigenvalue weighted by Gasteiger charge is 2.06. The quantitative estimate of drug-likeness (QED) is 0.442. The van der Waals surface area contributed by atoms with E-state index in [0.29, 0.717) is 27.5 Å². The van der Waals surface area contributed by atoms with Crippen molar-refractivity contribution in [1.29, 1.82) is 0 Å². The Labute approximate surface area is 156 Å². The van der Waals surface area contributed by atoms with E-state index in [4.69, 9.17) is 40.2 Å². The van der Waals surface area contributed by atoms with Crippen LogP contribution < -0.4 is 15.5 Å². The molecule has 0 atom stereocenters. The number of rotatable bonds is 6. The van der Waals surface area contributed by atoms with Crippen LogP contribution in [0.2, 0.25) is 10.0 Å². The van der Waals surface area contributed by atoms with Gasteiger partial charge in [0.15, 0.2) is 5.11 Å². The highest BCUT2D eigenvalue weighted by atomic mass is 35.5. The van der Waals surface area contributed by atoms with Gasteiger partial charge in [-0.05, 0) is 49.0 Å². The molecule has 2 N–H and O–H groups in total. The van der Waals surface area contributed by atoms with E-state index in [1.807, 2.05) is 31.2 Å². The zero-order valence-electron chi connectivity index (χ0n) is 13.1. The largest absolute Gasteiger partial charge is 0.489 e. The second-order valence-corrected chi connectivity index (χ2v) is 6.01. The molecule has 126 valence electrons. The van der Waals surface area contributed by atoms with Gasteiger partial charge in [0, 0.05) is 22.2 Å². The van der Waals surface area contributed by atoms with E-state index in [9.17, 15) is 0 Å². The van der Waals surface area contributed by atoms with Gasteiger partial charge in [0.2, 0.25) is 0 Å². The third kappa shape index (κ3) is 5.67. The SMILES string of the molecule is CCNC(=S)N/N=C/c1cccc(OCc2c(Cl)cccc2Cl)c1. The van der Waals surface area contributed by atoms with Crippen molar-refractivity contribution in [1.82, 2.24) is 10.7 Å². The number of thiocarbonyl (C=S) groups is 1. The Bertz CT molecular complexity index is 717. The first-order valence-corrected chi connectivity index (χ1v) is 8.49. The first kappa shape index (κ1) is 18.5. The average Bonchev–Trinajstić information content (AvgIpc) is 2.55. The molecule has 0 spiro atoms. The molecule has 4 nitrogen and oxygen atoms in total. The van der Waals surface area contributed by atoms with Crippen molar-refractivity contribution in [2.75, 3.05) is 6.54 Å². The van der Waals surface area contributed by atoms with Crippen LogP contribution in [-0.4, -0.2) is 17.9 Å². The van der Waals surface area contributed by atoms with E-state index in [0.717, 1.165) is 17.7 Å². The lowest BCUT2D eigenvalue weighted by Crippen LogP contribution is -2.31. The van der Waals surface area contributed by atoms with Gasteiger partial charge in [0.05, 0.1) is 6.21 Å². The van der Waals surface area contributed by atoms with E-state index in [-0.39, 0.29) is 0 Å². The third-order valence-electron chi connectivity index (χ3n) is 3.02. The topological polar surface area (TPSA) is 45.7 Å². The maximum absolute atomic E-state index is 6.14. The average molecular weight is 382 g/mol. The molecular weight excluding hydrogens is 365 g/mol. The van der Waals surface area contributed by atoms with Crippen molar-refractivity contribution in [3.05, 3.63) is 63.6 Å². The van der Waals surface area contributed by atoms with Gasteiger partial charge in [0.1, 0.15) is 12.4 Å². The zero-order chi connectivity index (χ0) is 17.4. The molecule has 0 bridgehead atoms. The lowest BCUT2D eigenvalue weighted by Gasteiger charge is -2.10. The lowest BCUT2D eigenvalue weighted by molar-refractivity contribution is 0.306. The number of hydrogen-bond acceptors (Lipinski definition) is 3. The minimum atomic E-state index is 0.294. The smallest absolute Gasteiger partial charge is 0.186 e. The summed E-state index contributed by atoms with van der Waals surface area (Å²) in [6, 6.07) is 12.9. The van der Waals surface area contributed by atoms with Crippen LogP contribution in [0, 0.1) is 0 Å². The monoisotopic (exact) mass is 381 g/mol. The molecule has 7 heteroatoms. The molecule has 0 aromatic heterocycles. The number of nitrogens with zero attached hydrogens (tertiary/aromatic N) is 1. The molecular formula is C17H17Cl2N3OS. The molecule has 0 aliphatic carbocycles. The van der Waals surface area contributed by atoms with Crippen LogP contribution in [0.1, 0.15) is 18.1 Å². The van der Waals surface area contributed by atoms with Crippen molar-refractivity contribution in [3.63, 3.8) is 0 Å². The molecule has 0 saturated carbocycles. The van der Waals surface area contributed by atoms with Crippen LogP contribution in [0.3, 0.4) is 0 Å². The van der Waals surface area contributed by atoms with Gasteiger partial charge in [-0.3, -0.25) is 5.43 Å². The summed E-state index contributed by atoms with van der Waals surface area (Å²) in [5.41, 5.74) is 4.38. The van der Waals surface area contributed by atoms with E-state index in [1.165, 1.54) is 0 Å². The van der Waals surface area contributed by atoms with Crippen LogP contribution >= 0.6 is 35.4 Å². The van der Waals surface area contributed by atoms with Crippen molar-refractivity contribution in [2.45, 2.75) is 13.5 Å². The second kappa shape index (κ2) is 9.47. The Morgan fingerprint density at radius 2 is 1.92 bits per heavy atom.